The molecule has 11 aromatic rings. The average Bonchev–Trinajstić information content (AvgIpc) is 1.56. The summed E-state index contributed by atoms with van der Waals surface area (Å²) in [5.74, 6) is 8.83. The van der Waals surface area contributed by atoms with Crippen LogP contribution >= 0.6 is 97.8 Å². The summed E-state index contributed by atoms with van der Waals surface area (Å²) in [6, 6.07) is 33.9. The first-order chi connectivity index (χ1) is 61.3. The molecule has 27 nitrogen and oxygen atoms in total. The van der Waals surface area contributed by atoms with Crippen molar-refractivity contribution in [3.63, 3.8) is 0 Å². The summed E-state index contributed by atoms with van der Waals surface area (Å²) < 4.78 is 0.655. The van der Waals surface area contributed by atoms with Gasteiger partial charge in [-0.25, -0.2) is 54.8 Å². The fraction of sp³-hybridized carbons (Fsp3) is 0.413. The number of fused-ring (bicyclic) bond motifs is 4. The molecular weight excluding hydrogens is 1800 g/mol. The monoisotopic (exact) mass is 1900 g/mol. The molecule has 2 unspecified atom stereocenters. The van der Waals surface area contributed by atoms with Gasteiger partial charge in [0.25, 0.3) is 0 Å². The van der Waals surface area contributed by atoms with Crippen molar-refractivity contribution < 1.29 is 0 Å². The maximum absolute atomic E-state index is 6.72. The van der Waals surface area contributed by atoms with Gasteiger partial charge in [-0.15, -0.1) is 0 Å². The van der Waals surface area contributed by atoms with Crippen molar-refractivity contribution in [2.45, 2.75) is 192 Å². The fourth-order valence-electron chi connectivity index (χ4n) is 20.9. The van der Waals surface area contributed by atoms with Crippen LogP contribution in [0.1, 0.15) is 170 Å². The molecule has 12 heterocycles. The molecule has 11 aliphatic rings. The number of anilines is 11. The van der Waals surface area contributed by atoms with Crippen LogP contribution in [-0.4, -0.2) is 118 Å². The molecule has 4 saturated heterocycles. The third-order valence-electron chi connectivity index (χ3n) is 28.6. The molecule has 8 aromatic heterocycles. The van der Waals surface area contributed by atoms with E-state index in [9.17, 15) is 0 Å². The summed E-state index contributed by atoms with van der Waals surface area (Å²) >= 11 is 28.4. The molecule has 127 heavy (non-hydrogen) atoms. The smallest absolute Gasteiger partial charge is 0.164 e. The third-order valence-corrected chi connectivity index (χ3v) is 35.0. The van der Waals surface area contributed by atoms with Gasteiger partial charge in [-0.05, 0) is 229 Å². The Morgan fingerprint density at radius 2 is 0.764 bits per heavy atom. The van der Waals surface area contributed by atoms with Crippen LogP contribution in [0.5, 0.6) is 0 Å². The summed E-state index contributed by atoms with van der Waals surface area (Å²) in [7, 11) is 0. The average molecular weight is 1900 g/mol. The van der Waals surface area contributed by atoms with Gasteiger partial charge in [-0.3, -0.25) is 4.98 Å². The van der Waals surface area contributed by atoms with Crippen molar-refractivity contribution >= 4 is 162 Å². The lowest BCUT2D eigenvalue weighted by Gasteiger charge is -2.43. The van der Waals surface area contributed by atoms with Gasteiger partial charge in [0, 0.05) is 132 Å². The van der Waals surface area contributed by atoms with Crippen LogP contribution in [0, 0.1) is 40.4 Å². The zero-order chi connectivity index (χ0) is 88.0. The van der Waals surface area contributed by atoms with E-state index in [0.29, 0.717) is 87.1 Å². The first-order valence-corrected chi connectivity index (χ1v) is 48.9. The predicted octanol–water partition coefficient (Wildman–Crippen LogP) is 16.4. The number of halogens is 4. The molecule has 0 amide bonds. The van der Waals surface area contributed by atoms with Crippen LogP contribution in [0.3, 0.4) is 0 Å². The SMILES string of the molecule is Cc1nc(Sc2ccnc(N)c2Cl)c(N)nc1N1CCC2(CC1)Cc1ccccc1[C@H]2N.Nc1nc(N2CCC3(CC2)CC2CC2[C@H]3N)cnc1Sc1ccnc(N)c1C1CC1.Nc1nc(N2CCC3(CC2)Cc2ccccc2[C@H]3N)c(Br)nc1Sc1ccnc(N)c1Cl.Nc1nc(N2CCC3(CC2)Cc2ccccc2[C@H]3N)cnc1Sc1ccnc(C2CC2)c1Cl. The van der Waals surface area contributed by atoms with Crippen molar-refractivity contribution in [1.29, 1.82) is 0 Å². The number of nitrogens with two attached hydrogens (primary N) is 11. The van der Waals surface area contributed by atoms with E-state index in [-0.39, 0.29) is 46.0 Å². The van der Waals surface area contributed by atoms with E-state index in [4.69, 9.17) is 118 Å². The number of aromatic nitrogens is 12. The second-order valence-corrected chi connectivity index (χ2v) is 42.1. The second-order valence-electron chi connectivity index (χ2n) is 36.1. The summed E-state index contributed by atoms with van der Waals surface area (Å²) in [5, 5.41) is 4.08. The molecule has 7 aliphatic carbocycles. The summed E-state index contributed by atoms with van der Waals surface area (Å²) in [4.78, 5) is 66.8. The Kier molecular flexibility index (Phi) is 24.5. The number of piperidine rings is 4. The highest BCUT2D eigenvalue weighted by Crippen LogP contribution is 2.63. The molecule has 35 heteroatoms. The van der Waals surface area contributed by atoms with E-state index in [2.05, 4.69) is 148 Å². The molecule has 3 aromatic carbocycles. The van der Waals surface area contributed by atoms with Crippen LogP contribution in [0.15, 0.2) is 179 Å². The highest BCUT2D eigenvalue weighted by molar-refractivity contribution is 9.10. The maximum atomic E-state index is 6.72. The van der Waals surface area contributed by atoms with Crippen molar-refractivity contribution in [1.82, 2.24) is 59.8 Å². The number of pyridine rings is 4. The Morgan fingerprint density at radius 3 is 1.20 bits per heavy atom. The minimum Gasteiger partial charge on any atom is -0.383 e. The zero-order valence-electron chi connectivity index (χ0n) is 70.6. The standard InChI is InChI=1S/C25H27ClN6S.C23H26ClN7S.C22H23BrClN7S.C22H29N7S/c26-20-18(7-10-29-21(20)15-5-6-15)33-24-23(28)31-19(14-30-24)32-11-8-25(9-12-32)13-16-3-1-2-4-17(16)22(25)27;1-13-21(30-20(27)22(29-13)32-16-6-9-28-19(26)17(16)24)31-10-7-23(8-11-31)12-14-4-2-3-5-15(14)18(23)25;23-17-20(30-19(27)21(29-17)32-14-5-8-28-18(26)15(14)24)31-9-6-22(7-10-31)11-12-3-1-2-4-13(12)16(22)25;23-18-14-9-13(14)10-22(18)4-7-29(8-5-22)16-11-27-21(20(25)28-16)30-15-3-6-26-19(24)17(15)12-1-2-12/h1-4,7,10,14-15,22H,5-6,8-9,11-13,27H2,(H2,28,31);2-6,9,18H,7-8,10-12,25H2,1H3,(H2,26,28)(H2,27,30);1-5,8,16H,6-7,9-11,25H2,(H2,26,28)(H2,27,30);3,6,11-14,18H,1-2,4-5,7-10,23H2,(H2,24,26)(H2,25,28)/t22-;18-;16-;13?,14?,18-/m1111/s1. The first kappa shape index (κ1) is 87.3. The molecule has 0 radical (unpaired) electrons. The fourth-order valence-corrected chi connectivity index (χ4v) is 25.9. The largest absolute Gasteiger partial charge is 0.383 e. The number of benzene rings is 3. The van der Waals surface area contributed by atoms with Gasteiger partial charge in [-0.2, -0.15) is 0 Å². The third kappa shape index (κ3) is 17.4. The molecule has 6 atom stereocenters. The molecule has 660 valence electrons. The van der Waals surface area contributed by atoms with Crippen molar-refractivity contribution in [3.05, 3.63) is 204 Å². The Balaban J connectivity index is 0.000000110. The van der Waals surface area contributed by atoms with E-state index in [1.54, 1.807) is 42.5 Å². The molecule has 22 N–H and O–H groups in total. The van der Waals surface area contributed by atoms with Crippen LogP contribution in [-0.2, 0) is 19.3 Å². The van der Waals surface area contributed by atoms with E-state index in [0.717, 1.165) is 212 Å². The highest BCUT2D eigenvalue weighted by Gasteiger charge is 2.60. The molecule has 0 bridgehead atoms. The Hall–Kier alpha value is -9.03. The van der Waals surface area contributed by atoms with Gasteiger partial charge in [-0.1, -0.05) is 155 Å². The van der Waals surface area contributed by atoms with Crippen LogP contribution in [0.2, 0.25) is 15.1 Å². The van der Waals surface area contributed by atoms with Gasteiger partial charge < -0.3 is 82.7 Å². The van der Waals surface area contributed by atoms with Gasteiger partial charge >= 0.3 is 0 Å². The van der Waals surface area contributed by atoms with Crippen LogP contribution in [0.25, 0.3) is 0 Å². The number of nitrogens with zero attached hydrogens (tertiary/aromatic N) is 16. The number of aryl methyl sites for hydroxylation is 1. The van der Waals surface area contributed by atoms with Gasteiger partial charge in [0.1, 0.15) is 53.8 Å². The lowest BCUT2D eigenvalue weighted by atomic mass is 9.72. The lowest BCUT2D eigenvalue weighted by molar-refractivity contribution is 0.172. The summed E-state index contributed by atoms with van der Waals surface area (Å²) in [6.45, 7) is 9.23. The number of rotatable bonds is 14. The molecule has 4 saturated carbocycles. The van der Waals surface area contributed by atoms with Crippen LogP contribution < -0.4 is 82.7 Å². The molecule has 22 rings (SSSR count). The summed E-state index contributed by atoms with van der Waals surface area (Å²) in [6.07, 6.45) is 29.4. The topological polar surface area (TPSA) is 454 Å². The predicted molar refractivity (Wildman–Crippen MR) is 515 cm³/mol. The van der Waals surface area contributed by atoms with Crippen molar-refractivity contribution in [2.75, 3.05) is 112 Å². The van der Waals surface area contributed by atoms with Gasteiger partial charge in [0.05, 0.1) is 38.8 Å². The van der Waals surface area contributed by atoms with E-state index < -0.39 is 0 Å². The number of nitrogen functional groups attached to an aromatic ring is 7. The van der Waals surface area contributed by atoms with Gasteiger partial charge in [0.2, 0.25) is 0 Å². The minimum absolute atomic E-state index is 0.0803. The Labute approximate surface area is 780 Å². The number of hydrogen-bond donors (Lipinski definition) is 11. The van der Waals surface area contributed by atoms with Gasteiger partial charge in [0.15, 0.2) is 34.9 Å². The molecule has 4 spiro atoms. The van der Waals surface area contributed by atoms with E-state index in [1.807, 2.05) is 37.6 Å². The highest BCUT2D eigenvalue weighted by atomic mass is 79.9. The summed E-state index contributed by atoms with van der Waals surface area (Å²) in [5.41, 5.74) is 81.5. The van der Waals surface area contributed by atoms with E-state index >= 15 is 0 Å². The minimum atomic E-state index is 0.0803. The molecular formula is C92H105BrCl3N27S4. The van der Waals surface area contributed by atoms with Crippen molar-refractivity contribution in [2.24, 2.45) is 56.4 Å². The molecule has 8 fully saturated rings. The lowest BCUT2D eigenvalue weighted by Crippen LogP contribution is -2.48. The maximum Gasteiger partial charge on any atom is 0.164 e. The first-order valence-electron chi connectivity index (χ1n) is 43.7. The normalized spacial score (nSPS) is 22.2. The number of hydrogen-bond acceptors (Lipinski definition) is 31. The zero-order valence-corrected chi connectivity index (χ0v) is 77.8. The Bertz CT molecular complexity index is 5800. The quantitative estimate of drug-likeness (QED) is 0.0482. The molecule has 4 aliphatic heterocycles. The van der Waals surface area contributed by atoms with Crippen molar-refractivity contribution in [3.8, 4) is 0 Å². The van der Waals surface area contributed by atoms with E-state index in [1.165, 1.54) is 94.3 Å². The van der Waals surface area contributed by atoms with Crippen LogP contribution in [0.4, 0.5) is 64.0 Å². The Morgan fingerprint density at radius 1 is 0.386 bits per heavy atom. The second kappa shape index (κ2) is 35.7.